The van der Waals surface area contributed by atoms with Crippen LogP contribution in [0.1, 0.15) is 38.6 Å². The molecular weight excluding hydrogens is 320 g/mol. The van der Waals surface area contributed by atoms with Gasteiger partial charge in [0.1, 0.15) is 5.69 Å². The van der Waals surface area contributed by atoms with Gasteiger partial charge in [-0.15, -0.1) is 11.3 Å². The van der Waals surface area contributed by atoms with Crippen molar-refractivity contribution in [3.05, 3.63) is 29.3 Å². The van der Waals surface area contributed by atoms with Crippen LogP contribution >= 0.6 is 11.3 Å². The molecular formula is C18H24N4OS. The summed E-state index contributed by atoms with van der Waals surface area (Å²) in [6.07, 6.45) is 5.54. The number of aryl methyl sites for hydroxylation is 1. The Balaban J connectivity index is 1.68. The lowest BCUT2D eigenvalue weighted by molar-refractivity contribution is -0.138. The second-order valence-corrected chi connectivity index (χ2v) is 8.38. The van der Waals surface area contributed by atoms with Crippen LogP contribution < -0.4 is 0 Å². The molecule has 1 aliphatic heterocycles. The minimum Gasteiger partial charge on any atom is -0.342 e. The summed E-state index contributed by atoms with van der Waals surface area (Å²) < 4.78 is 0. The first kappa shape index (κ1) is 17.0. The van der Waals surface area contributed by atoms with Crippen LogP contribution in [0.3, 0.4) is 0 Å². The van der Waals surface area contributed by atoms with Gasteiger partial charge < -0.3 is 4.90 Å². The van der Waals surface area contributed by atoms with Gasteiger partial charge in [0.05, 0.1) is 28.0 Å². The number of likely N-dealkylation sites (tertiary alicyclic amines) is 1. The number of carbonyl (C=O) groups excluding carboxylic acids is 1. The molecule has 0 radical (unpaired) electrons. The number of carbonyl (C=O) groups is 1. The van der Waals surface area contributed by atoms with Gasteiger partial charge in [0.2, 0.25) is 5.91 Å². The highest BCUT2D eigenvalue weighted by Crippen LogP contribution is 2.27. The van der Waals surface area contributed by atoms with E-state index in [4.69, 9.17) is 4.98 Å². The van der Waals surface area contributed by atoms with Crippen LogP contribution in [-0.4, -0.2) is 38.8 Å². The fourth-order valence-corrected chi connectivity index (χ4v) is 3.87. The molecule has 24 heavy (non-hydrogen) atoms. The molecule has 0 unspecified atom stereocenters. The van der Waals surface area contributed by atoms with Gasteiger partial charge in [0, 0.05) is 24.7 Å². The molecule has 1 fully saturated rings. The lowest BCUT2D eigenvalue weighted by Gasteiger charge is -2.25. The third-order valence-electron chi connectivity index (χ3n) is 4.38. The second kappa shape index (κ2) is 6.59. The minimum absolute atomic E-state index is 0.241. The topological polar surface area (TPSA) is 59.0 Å². The van der Waals surface area contributed by atoms with E-state index in [9.17, 15) is 4.79 Å². The number of nitrogens with zero attached hydrogens (tertiary/aromatic N) is 4. The van der Waals surface area contributed by atoms with Crippen LogP contribution in [0.4, 0.5) is 0 Å². The van der Waals surface area contributed by atoms with Crippen molar-refractivity contribution in [1.29, 1.82) is 0 Å². The summed E-state index contributed by atoms with van der Waals surface area (Å²) in [7, 11) is 0. The van der Waals surface area contributed by atoms with Gasteiger partial charge in [-0.1, -0.05) is 20.8 Å². The van der Waals surface area contributed by atoms with Gasteiger partial charge in [-0.3, -0.25) is 9.78 Å². The summed E-state index contributed by atoms with van der Waals surface area (Å²) in [5.41, 5.74) is 4.42. The van der Waals surface area contributed by atoms with E-state index in [2.05, 4.69) is 9.97 Å². The number of aromatic nitrogens is 3. The average molecular weight is 344 g/mol. The highest BCUT2D eigenvalue weighted by molar-refractivity contribution is 7.13. The molecule has 2 aromatic heterocycles. The van der Waals surface area contributed by atoms with Crippen molar-refractivity contribution >= 4 is 17.2 Å². The number of thiazole rings is 1. The van der Waals surface area contributed by atoms with E-state index in [1.54, 1.807) is 17.5 Å². The average Bonchev–Trinajstić information content (AvgIpc) is 3.15. The molecule has 0 aromatic carbocycles. The van der Waals surface area contributed by atoms with Crippen molar-refractivity contribution in [3.63, 3.8) is 0 Å². The number of hydrogen-bond acceptors (Lipinski definition) is 5. The Kier molecular flexibility index (Phi) is 4.67. The lowest BCUT2D eigenvalue weighted by Crippen LogP contribution is -2.38. The predicted octanol–water partition coefficient (Wildman–Crippen LogP) is 3.35. The van der Waals surface area contributed by atoms with Crippen molar-refractivity contribution < 1.29 is 4.79 Å². The highest BCUT2D eigenvalue weighted by Gasteiger charge is 2.32. The zero-order valence-electron chi connectivity index (χ0n) is 14.7. The van der Waals surface area contributed by atoms with Gasteiger partial charge in [-0.25, -0.2) is 9.97 Å². The fraction of sp³-hybridized carbons (Fsp3) is 0.556. The van der Waals surface area contributed by atoms with Gasteiger partial charge in [0.15, 0.2) is 0 Å². The Labute approximate surface area is 147 Å². The molecule has 1 atom stereocenters. The summed E-state index contributed by atoms with van der Waals surface area (Å²) in [5.74, 6) is 0.702. The van der Waals surface area contributed by atoms with Crippen LogP contribution in [-0.2, 0) is 11.2 Å². The highest BCUT2D eigenvalue weighted by atomic mass is 32.1. The van der Waals surface area contributed by atoms with Gasteiger partial charge in [0.25, 0.3) is 0 Å². The van der Waals surface area contributed by atoms with Crippen LogP contribution in [0.15, 0.2) is 17.9 Å². The lowest BCUT2D eigenvalue weighted by atomic mass is 9.95. The van der Waals surface area contributed by atoms with Crippen molar-refractivity contribution in [2.45, 2.75) is 40.5 Å². The first-order valence-electron chi connectivity index (χ1n) is 8.35. The monoisotopic (exact) mass is 344 g/mol. The normalized spacial score (nSPS) is 18.2. The van der Waals surface area contributed by atoms with Crippen molar-refractivity contribution in [1.82, 2.24) is 19.9 Å². The molecule has 1 amide bonds. The first-order valence-corrected chi connectivity index (χ1v) is 9.23. The second-order valence-electron chi connectivity index (χ2n) is 7.52. The molecule has 3 rings (SSSR count). The van der Waals surface area contributed by atoms with Crippen LogP contribution in [0, 0.1) is 18.3 Å². The van der Waals surface area contributed by atoms with E-state index in [1.165, 1.54) is 0 Å². The van der Waals surface area contributed by atoms with Gasteiger partial charge in [-0.05, 0) is 25.7 Å². The third-order valence-corrected chi connectivity index (χ3v) is 5.33. The van der Waals surface area contributed by atoms with E-state index in [0.717, 1.165) is 47.9 Å². The summed E-state index contributed by atoms with van der Waals surface area (Å²) in [5, 5.41) is 0. The summed E-state index contributed by atoms with van der Waals surface area (Å²) in [6.45, 7) is 9.61. The maximum atomic E-state index is 12.4. The molecule has 3 heterocycles. The zero-order valence-corrected chi connectivity index (χ0v) is 15.6. The molecule has 5 nitrogen and oxygen atoms in total. The zero-order chi connectivity index (χ0) is 17.3. The molecule has 0 aliphatic carbocycles. The van der Waals surface area contributed by atoms with Crippen molar-refractivity contribution in [2.75, 3.05) is 13.1 Å². The summed E-state index contributed by atoms with van der Waals surface area (Å²) in [4.78, 5) is 28.9. The minimum atomic E-state index is -0.307. The van der Waals surface area contributed by atoms with Gasteiger partial charge >= 0.3 is 0 Å². The molecule has 0 saturated carbocycles. The largest absolute Gasteiger partial charge is 0.342 e. The molecule has 0 spiro atoms. The van der Waals surface area contributed by atoms with Crippen molar-refractivity contribution in [2.24, 2.45) is 11.3 Å². The van der Waals surface area contributed by atoms with Crippen LogP contribution in [0.5, 0.6) is 0 Å². The molecule has 2 aromatic rings. The summed E-state index contributed by atoms with van der Waals surface area (Å²) in [6, 6.07) is 0. The number of amides is 1. The quantitative estimate of drug-likeness (QED) is 0.857. The maximum Gasteiger partial charge on any atom is 0.227 e. The van der Waals surface area contributed by atoms with E-state index in [1.807, 2.05) is 44.3 Å². The van der Waals surface area contributed by atoms with Crippen LogP contribution in [0.2, 0.25) is 0 Å². The fourth-order valence-electron chi connectivity index (χ4n) is 3.12. The molecule has 1 saturated heterocycles. The Morgan fingerprint density at radius 2 is 2.17 bits per heavy atom. The van der Waals surface area contributed by atoms with Crippen molar-refractivity contribution in [3.8, 4) is 10.6 Å². The third kappa shape index (κ3) is 3.64. The summed E-state index contributed by atoms with van der Waals surface area (Å²) >= 11 is 1.59. The van der Waals surface area contributed by atoms with E-state index < -0.39 is 0 Å². The Morgan fingerprint density at radius 1 is 1.38 bits per heavy atom. The Hall–Kier alpha value is -1.82. The predicted molar refractivity (Wildman–Crippen MR) is 95.7 cm³/mol. The Bertz CT molecular complexity index is 735. The van der Waals surface area contributed by atoms with Gasteiger partial charge in [-0.2, -0.15) is 0 Å². The number of hydrogen-bond donors (Lipinski definition) is 0. The van der Waals surface area contributed by atoms with Crippen LogP contribution in [0.25, 0.3) is 10.6 Å². The van der Waals surface area contributed by atoms with E-state index in [0.29, 0.717) is 5.92 Å². The SMILES string of the molecule is Cc1ncsc1-c1cncc(C[C@@H]2CCN(C(=O)C(C)(C)C)C2)n1. The molecule has 0 N–H and O–H groups in total. The van der Waals surface area contributed by atoms with E-state index in [-0.39, 0.29) is 11.3 Å². The van der Waals surface area contributed by atoms with E-state index >= 15 is 0 Å². The molecule has 1 aliphatic rings. The molecule has 6 heteroatoms. The maximum absolute atomic E-state index is 12.4. The number of rotatable bonds is 3. The smallest absolute Gasteiger partial charge is 0.227 e. The first-order chi connectivity index (χ1) is 11.3. The Morgan fingerprint density at radius 3 is 2.83 bits per heavy atom. The standard InChI is InChI=1S/C18H24N4OS/c1-12-16(24-11-20-12)15-9-19-8-14(21-15)7-13-5-6-22(10-13)17(23)18(2,3)4/h8-9,11,13H,5-7,10H2,1-4H3/t13-/m0/s1. The molecule has 0 bridgehead atoms. The molecule has 128 valence electrons.